The second-order valence-electron chi connectivity index (χ2n) is 5.13. The Hall–Kier alpha value is -0.810. The fraction of sp³-hybridized carbons (Fsp3) is 0.500. The number of halogens is 2. The molecule has 2 atom stereocenters. The van der Waals surface area contributed by atoms with E-state index in [0.29, 0.717) is 21.7 Å². The van der Waals surface area contributed by atoms with E-state index in [1.165, 1.54) is 0 Å². The van der Waals surface area contributed by atoms with E-state index in [-0.39, 0.29) is 25.1 Å². The number of anilines is 1. The van der Waals surface area contributed by atoms with Crippen molar-refractivity contribution in [2.24, 2.45) is 5.92 Å². The number of carbonyl (C=O) groups excluding carboxylic acids is 1. The summed E-state index contributed by atoms with van der Waals surface area (Å²) in [7, 11) is 0. The first kappa shape index (κ1) is 15.6. The molecule has 1 aromatic carbocycles. The molecule has 2 unspecified atom stereocenters. The Morgan fingerprint density at radius 3 is 2.70 bits per heavy atom. The number of nitrogens with one attached hydrogen (secondary N) is 1. The summed E-state index contributed by atoms with van der Waals surface area (Å²) in [6.45, 7) is 3.21. The molecule has 6 heteroatoms. The van der Waals surface area contributed by atoms with Gasteiger partial charge in [-0.05, 0) is 31.0 Å². The summed E-state index contributed by atoms with van der Waals surface area (Å²) in [5.41, 5.74) is 0.439. The number of amides is 1. The van der Waals surface area contributed by atoms with Crippen molar-refractivity contribution in [1.29, 1.82) is 0 Å². The highest BCUT2D eigenvalue weighted by atomic mass is 35.5. The van der Waals surface area contributed by atoms with Crippen LogP contribution in [-0.4, -0.2) is 41.7 Å². The number of rotatable bonds is 4. The van der Waals surface area contributed by atoms with Crippen LogP contribution in [0.4, 0.5) is 5.69 Å². The van der Waals surface area contributed by atoms with Gasteiger partial charge in [-0.15, -0.1) is 0 Å². The topological polar surface area (TPSA) is 52.6 Å². The first-order chi connectivity index (χ1) is 9.52. The molecule has 1 fully saturated rings. The first-order valence-electron chi connectivity index (χ1n) is 6.61. The van der Waals surface area contributed by atoms with Crippen molar-refractivity contribution in [3.05, 3.63) is 28.2 Å². The molecule has 2 N–H and O–H groups in total. The first-order valence-corrected chi connectivity index (χ1v) is 7.37. The Labute approximate surface area is 128 Å². The Morgan fingerprint density at radius 1 is 1.45 bits per heavy atom. The molecule has 1 aliphatic heterocycles. The summed E-state index contributed by atoms with van der Waals surface area (Å²) in [6.07, 6.45) is 0.991. The van der Waals surface area contributed by atoms with E-state index < -0.39 is 0 Å². The van der Waals surface area contributed by atoms with Gasteiger partial charge in [0.1, 0.15) is 0 Å². The Bertz CT molecular complexity index is 476. The average Bonchev–Trinajstić information content (AvgIpc) is 2.74. The Balaban J connectivity index is 1.99. The van der Waals surface area contributed by atoms with Gasteiger partial charge in [0.05, 0.1) is 28.9 Å². The largest absolute Gasteiger partial charge is 0.395 e. The molecule has 1 aliphatic rings. The molecule has 0 aromatic heterocycles. The molecule has 1 saturated heterocycles. The van der Waals surface area contributed by atoms with Gasteiger partial charge < -0.3 is 10.4 Å². The van der Waals surface area contributed by atoms with Gasteiger partial charge in [0.15, 0.2) is 0 Å². The van der Waals surface area contributed by atoms with Gasteiger partial charge in [0.2, 0.25) is 5.91 Å². The second-order valence-corrected chi connectivity index (χ2v) is 5.95. The lowest BCUT2D eigenvalue weighted by Crippen LogP contribution is -2.40. The highest BCUT2D eigenvalue weighted by Crippen LogP contribution is 2.30. The highest BCUT2D eigenvalue weighted by Gasteiger charge is 2.31. The highest BCUT2D eigenvalue weighted by molar-refractivity contribution is 6.39. The molecule has 1 amide bonds. The fourth-order valence-electron chi connectivity index (χ4n) is 2.56. The van der Waals surface area contributed by atoms with Crippen molar-refractivity contribution in [3.63, 3.8) is 0 Å². The quantitative estimate of drug-likeness (QED) is 0.897. The molecule has 4 nitrogen and oxygen atoms in total. The zero-order valence-electron chi connectivity index (χ0n) is 11.3. The van der Waals surface area contributed by atoms with E-state index >= 15 is 0 Å². The number of hydrogen-bond acceptors (Lipinski definition) is 3. The maximum atomic E-state index is 12.1. The third-order valence-electron chi connectivity index (χ3n) is 3.76. The molecule has 1 aromatic rings. The number of aliphatic hydroxyl groups excluding tert-OH is 1. The van der Waals surface area contributed by atoms with Crippen LogP contribution >= 0.6 is 23.2 Å². The van der Waals surface area contributed by atoms with E-state index in [9.17, 15) is 9.90 Å². The lowest BCUT2D eigenvalue weighted by molar-refractivity contribution is -0.117. The van der Waals surface area contributed by atoms with Crippen molar-refractivity contribution in [2.75, 3.05) is 25.0 Å². The molecule has 0 radical (unpaired) electrons. The van der Waals surface area contributed by atoms with Crippen LogP contribution in [0, 0.1) is 5.92 Å². The standard InChI is InChI=1S/C14H18Cl2N2O2/c1-9-5-6-18(12(9)8-19)7-13(20)17-14-10(15)3-2-4-11(14)16/h2-4,9,12,19H,5-8H2,1H3,(H,17,20). The summed E-state index contributed by atoms with van der Waals surface area (Å²) in [4.78, 5) is 14.1. The van der Waals surface area contributed by atoms with Crippen molar-refractivity contribution in [1.82, 2.24) is 4.90 Å². The van der Waals surface area contributed by atoms with Crippen LogP contribution in [0.1, 0.15) is 13.3 Å². The van der Waals surface area contributed by atoms with E-state index in [0.717, 1.165) is 13.0 Å². The van der Waals surface area contributed by atoms with Crippen LogP contribution in [-0.2, 0) is 4.79 Å². The Morgan fingerprint density at radius 2 is 2.10 bits per heavy atom. The third-order valence-corrected chi connectivity index (χ3v) is 4.39. The van der Waals surface area contributed by atoms with Crippen molar-refractivity contribution in [2.45, 2.75) is 19.4 Å². The summed E-state index contributed by atoms with van der Waals surface area (Å²) in [6, 6.07) is 5.13. The van der Waals surface area contributed by atoms with Gasteiger partial charge in [-0.25, -0.2) is 0 Å². The maximum absolute atomic E-state index is 12.1. The molecule has 0 saturated carbocycles. The van der Waals surface area contributed by atoms with Crippen LogP contribution in [0.3, 0.4) is 0 Å². The normalized spacial score (nSPS) is 23.0. The SMILES string of the molecule is CC1CCN(CC(=O)Nc2c(Cl)cccc2Cl)C1CO. The summed E-state index contributed by atoms with van der Waals surface area (Å²) >= 11 is 12.0. The maximum Gasteiger partial charge on any atom is 0.238 e. The average molecular weight is 317 g/mol. The number of likely N-dealkylation sites (tertiary alicyclic amines) is 1. The van der Waals surface area contributed by atoms with E-state index in [1.54, 1.807) is 18.2 Å². The summed E-state index contributed by atoms with van der Waals surface area (Å²) < 4.78 is 0. The lowest BCUT2D eigenvalue weighted by Gasteiger charge is -2.24. The van der Waals surface area contributed by atoms with Gasteiger partial charge in [-0.3, -0.25) is 9.69 Å². The minimum Gasteiger partial charge on any atom is -0.395 e. The molecule has 2 rings (SSSR count). The summed E-state index contributed by atoms with van der Waals surface area (Å²) in [5.74, 6) is 0.226. The van der Waals surface area contributed by atoms with Gasteiger partial charge in [0.25, 0.3) is 0 Å². The molecular formula is C14H18Cl2N2O2. The van der Waals surface area contributed by atoms with Gasteiger partial charge >= 0.3 is 0 Å². The van der Waals surface area contributed by atoms with Gasteiger partial charge in [-0.2, -0.15) is 0 Å². The number of benzene rings is 1. The number of para-hydroxylation sites is 1. The molecule has 20 heavy (non-hydrogen) atoms. The minimum atomic E-state index is -0.174. The fourth-order valence-corrected chi connectivity index (χ4v) is 3.05. The molecule has 0 spiro atoms. The molecule has 1 heterocycles. The zero-order chi connectivity index (χ0) is 14.7. The molecule has 110 valence electrons. The molecular weight excluding hydrogens is 299 g/mol. The van der Waals surface area contributed by atoms with Crippen molar-refractivity contribution >= 4 is 34.8 Å². The van der Waals surface area contributed by atoms with Crippen molar-refractivity contribution < 1.29 is 9.90 Å². The third kappa shape index (κ3) is 3.44. The Kier molecular flexibility index (Phi) is 5.27. The smallest absolute Gasteiger partial charge is 0.238 e. The van der Waals surface area contributed by atoms with Crippen LogP contribution < -0.4 is 5.32 Å². The predicted molar refractivity (Wildman–Crippen MR) is 81.3 cm³/mol. The monoisotopic (exact) mass is 316 g/mol. The van der Waals surface area contributed by atoms with E-state index in [4.69, 9.17) is 23.2 Å². The lowest BCUT2D eigenvalue weighted by atomic mass is 10.0. The number of carbonyl (C=O) groups is 1. The van der Waals surface area contributed by atoms with Crippen LogP contribution in [0.25, 0.3) is 0 Å². The zero-order valence-corrected chi connectivity index (χ0v) is 12.8. The number of hydrogen-bond donors (Lipinski definition) is 2. The summed E-state index contributed by atoms with van der Waals surface area (Å²) in [5, 5.41) is 13.0. The van der Waals surface area contributed by atoms with E-state index in [2.05, 4.69) is 12.2 Å². The van der Waals surface area contributed by atoms with Gasteiger partial charge in [-0.1, -0.05) is 36.2 Å². The minimum absolute atomic E-state index is 0.0440. The van der Waals surface area contributed by atoms with Crippen molar-refractivity contribution in [3.8, 4) is 0 Å². The number of nitrogens with zero attached hydrogens (tertiary/aromatic N) is 1. The predicted octanol–water partition coefficient (Wildman–Crippen LogP) is 2.63. The molecule has 0 aliphatic carbocycles. The second kappa shape index (κ2) is 6.76. The van der Waals surface area contributed by atoms with Crippen LogP contribution in [0.2, 0.25) is 10.0 Å². The van der Waals surface area contributed by atoms with E-state index in [1.807, 2.05) is 4.90 Å². The van der Waals surface area contributed by atoms with Crippen LogP contribution in [0.15, 0.2) is 18.2 Å². The van der Waals surface area contributed by atoms with Crippen LogP contribution in [0.5, 0.6) is 0 Å². The molecule has 0 bridgehead atoms. The number of aliphatic hydroxyl groups is 1. The van der Waals surface area contributed by atoms with Gasteiger partial charge in [0, 0.05) is 6.04 Å².